The fourth-order valence-electron chi connectivity index (χ4n) is 1.63. The molecule has 0 fully saturated rings. The molecular weight excluding hydrogens is 234 g/mol. The Morgan fingerprint density at radius 2 is 1.78 bits per heavy atom. The summed E-state index contributed by atoms with van der Waals surface area (Å²) in [4.78, 5) is 26.3. The van der Waals surface area contributed by atoms with Gasteiger partial charge in [-0.2, -0.15) is 0 Å². The van der Waals surface area contributed by atoms with Crippen LogP contribution >= 0.6 is 0 Å². The summed E-state index contributed by atoms with van der Waals surface area (Å²) in [5.74, 6) is -3.07. The first-order valence-electron chi connectivity index (χ1n) is 5.65. The van der Waals surface area contributed by atoms with Crippen LogP contribution in [0.15, 0.2) is 6.07 Å². The predicted molar refractivity (Wildman–Crippen MR) is 61.0 cm³/mol. The van der Waals surface area contributed by atoms with E-state index in [4.69, 9.17) is 0 Å². The number of hydrogen-bond donors (Lipinski definition) is 0. The first-order valence-corrected chi connectivity index (χ1v) is 5.65. The second-order valence-electron chi connectivity index (χ2n) is 5.06. The monoisotopic (exact) mass is 249 g/mol. The molecule has 0 N–H and O–H groups in total. The number of aromatic nitrogens is 1. The number of carbonyl (C=O) groups is 2. The van der Waals surface area contributed by atoms with Gasteiger partial charge in [-0.3, -0.25) is 4.98 Å². The van der Waals surface area contributed by atoms with E-state index in [0.717, 1.165) is 0 Å². The van der Waals surface area contributed by atoms with Crippen molar-refractivity contribution in [2.45, 2.75) is 39.5 Å². The second kappa shape index (κ2) is 4.76. The summed E-state index contributed by atoms with van der Waals surface area (Å²) < 4.78 is 0. The normalized spacial score (nSPS) is 11.3. The van der Waals surface area contributed by atoms with Crippen LogP contribution in [0.3, 0.4) is 0 Å². The number of carboxylic acids is 2. The fraction of sp³-hybridized carbons (Fsp3) is 0.462. The molecule has 0 aromatic carbocycles. The number of aromatic carboxylic acids is 2. The minimum Gasteiger partial charge on any atom is -0.545 e. The smallest absolute Gasteiger partial charge is 0.0740 e. The van der Waals surface area contributed by atoms with Crippen molar-refractivity contribution >= 4 is 11.9 Å². The molecule has 0 bridgehead atoms. The third kappa shape index (κ3) is 2.67. The molecule has 0 atom stereocenters. The van der Waals surface area contributed by atoms with Gasteiger partial charge in [0.1, 0.15) is 0 Å². The van der Waals surface area contributed by atoms with Gasteiger partial charge in [0.25, 0.3) is 0 Å². The number of pyridine rings is 1. The largest absolute Gasteiger partial charge is 0.545 e. The SMILES string of the molecule is CCc1nc(C(C)(C)C)cc(C(=O)[O-])c1C(=O)[O-]. The second-order valence-corrected chi connectivity index (χ2v) is 5.06. The number of carboxylic acid groups (broad SMARTS) is 2. The molecule has 5 nitrogen and oxygen atoms in total. The molecule has 1 aromatic heterocycles. The Morgan fingerprint density at radius 3 is 2.11 bits per heavy atom. The van der Waals surface area contributed by atoms with E-state index in [2.05, 4.69) is 4.98 Å². The van der Waals surface area contributed by atoms with Crippen LogP contribution in [-0.4, -0.2) is 16.9 Å². The highest BCUT2D eigenvalue weighted by molar-refractivity contribution is 6.01. The lowest BCUT2D eigenvalue weighted by Gasteiger charge is -2.23. The molecule has 98 valence electrons. The zero-order valence-electron chi connectivity index (χ0n) is 10.9. The molecular formula is C13H15NO4-2. The molecule has 0 saturated heterocycles. The van der Waals surface area contributed by atoms with Crippen LogP contribution in [-0.2, 0) is 11.8 Å². The first-order chi connectivity index (χ1) is 8.18. The Hall–Kier alpha value is -1.91. The van der Waals surface area contributed by atoms with Crippen LogP contribution in [0.2, 0.25) is 0 Å². The first kappa shape index (κ1) is 14.2. The summed E-state index contributed by atoms with van der Waals surface area (Å²) in [7, 11) is 0. The van der Waals surface area contributed by atoms with E-state index in [1.54, 1.807) is 6.92 Å². The highest BCUT2D eigenvalue weighted by Crippen LogP contribution is 2.24. The summed E-state index contributed by atoms with van der Waals surface area (Å²) in [6.45, 7) is 7.31. The van der Waals surface area contributed by atoms with Gasteiger partial charge in [-0.15, -0.1) is 0 Å². The van der Waals surface area contributed by atoms with E-state index in [0.29, 0.717) is 12.1 Å². The van der Waals surface area contributed by atoms with Crippen LogP contribution in [0, 0.1) is 0 Å². The van der Waals surface area contributed by atoms with Crippen LogP contribution < -0.4 is 10.2 Å². The van der Waals surface area contributed by atoms with Crippen molar-refractivity contribution in [3.8, 4) is 0 Å². The molecule has 0 aliphatic carbocycles. The van der Waals surface area contributed by atoms with Gasteiger partial charge in [0.15, 0.2) is 0 Å². The van der Waals surface area contributed by atoms with E-state index >= 15 is 0 Å². The number of hydrogen-bond acceptors (Lipinski definition) is 5. The third-order valence-corrected chi connectivity index (χ3v) is 2.62. The minimum atomic E-state index is -1.54. The highest BCUT2D eigenvalue weighted by Gasteiger charge is 2.20. The molecule has 1 aromatic rings. The third-order valence-electron chi connectivity index (χ3n) is 2.62. The lowest BCUT2D eigenvalue weighted by atomic mass is 9.89. The highest BCUT2D eigenvalue weighted by atomic mass is 16.4. The molecule has 18 heavy (non-hydrogen) atoms. The fourth-order valence-corrected chi connectivity index (χ4v) is 1.63. The van der Waals surface area contributed by atoms with Gasteiger partial charge >= 0.3 is 0 Å². The summed E-state index contributed by atoms with van der Waals surface area (Å²) >= 11 is 0. The van der Waals surface area contributed by atoms with Crippen LogP contribution in [0.1, 0.15) is 59.8 Å². The molecule has 0 aliphatic rings. The lowest BCUT2D eigenvalue weighted by Crippen LogP contribution is -2.33. The molecule has 1 rings (SSSR count). The number of carbonyl (C=O) groups excluding carboxylic acids is 2. The van der Waals surface area contributed by atoms with Crippen molar-refractivity contribution in [3.05, 3.63) is 28.6 Å². The molecule has 0 aliphatic heterocycles. The van der Waals surface area contributed by atoms with Gasteiger partial charge in [-0.25, -0.2) is 0 Å². The maximum Gasteiger partial charge on any atom is 0.0740 e. The maximum absolute atomic E-state index is 11.0. The Kier molecular flexibility index (Phi) is 3.74. The summed E-state index contributed by atoms with van der Waals surface area (Å²) in [5, 5.41) is 22.1. The Morgan fingerprint density at radius 1 is 1.22 bits per heavy atom. The van der Waals surface area contributed by atoms with Gasteiger partial charge < -0.3 is 19.8 Å². The summed E-state index contributed by atoms with van der Waals surface area (Å²) in [6.07, 6.45) is 0.313. The van der Waals surface area contributed by atoms with Crippen molar-refractivity contribution < 1.29 is 19.8 Å². The van der Waals surface area contributed by atoms with Gasteiger partial charge in [0.2, 0.25) is 0 Å². The minimum absolute atomic E-state index is 0.210. The molecule has 0 saturated carbocycles. The van der Waals surface area contributed by atoms with Crippen molar-refractivity contribution in [2.75, 3.05) is 0 Å². The van der Waals surface area contributed by atoms with E-state index < -0.39 is 11.9 Å². The maximum atomic E-state index is 11.0. The zero-order chi connectivity index (χ0) is 14.1. The lowest BCUT2D eigenvalue weighted by molar-refractivity contribution is -0.259. The summed E-state index contributed by atoms with van der Waals surface area (Å²) in [6, 6.07) is 1.25. The standard InChI is InChI=1S/C13H17NO4/c1-5-8-10(12(17)18)7(11(15)16)6-9(14-8)13(2,3)4/h6H,5H2,1-4H3,(H,15,16)(H,17,18)/p-2. The summed E-state index contributed by atoms with van der Waals surface area (Å²) in [5.41, 5.74) is -0.402. The quantitative estimate of drug-likeness (QED) is 0.731. The van der Waals surface area contributed by atoms with Crippen molar-refractivity contribution in [2.24, 2.45) is 0 Å². The topological polar surface area (TPSA) is 93.2 Å². The van der Waals surface area contributed by atoms with Gasteiger partial charge in [-0.05, 0) is 12.5 Å². The van der Waals surface area contributed by atoms with E-state index in [1.807, 2.05) is 20.8 Å². The van der Waals surface area contributed by atoms with Crippen LogP contribution in [0.5, 0.6) is 0 Å². The molecule has 1 heterocycles. The number of nitrogens with zero attached hydrogens (tertiary/aromatic N) is 1. The van der Waals surface area contributed by atoms with Crippen LogP contribution in [0.25, 0.3) is 0 Å². The van der Waals surface area contributed by atoms with Gasteiger partial charge in [-0.1, -0.05) is 27.7 Å². The van der Waals surface area contributed by atoms with E-state index in [9.17, 15) is 19.8 Å². The van der Waals surface area contributed by atoms with Crippen molar-refractivity contribution in [3.63, 3.8) is 0 Å². The molecule has 5 heteroatoms. The van der Waals surface area contributed by atoms with Gasteiger partial charge in [0, 0.05) is 22.2 Å². The Labute approximate surface area is 105 Å². The zero-order valence-corrected chi connectivity index (χ0v) is 10.9. The van der Waals surface area contributed by atoms with E-state index in [1.165, 1.54) is 6.07 Å². The number of aryl methyl sites for hydroxylation is 1. The Balaban J connectivity index is 3.64. The molecule has 0 unspecified atom stereocenters. The van der Waals surface area contributed by atoms with Gasteiger partial charge in [0.05, 0.1) is 17.6 Å². The average Bonchev–Trinajstić information content (AvgIpc) is 2.25. The van der Waals surface area contributed by atoms with Crippen molar-refractivity contribution in [1.29, 1.82) is 0 Å². The number of rotatable bonds is 3. The predicted octanol–water partition coefficient (Wildman–Crippen LogP) is -0.331. The molecule has 0 spiro atoms. The molecule has 0 radical (unpaired) electrons. The Bertz CT molecular complexity index is 500. The molecule has 0 amide bonds. The van der Waals surface area contributed by atoms with E-state index in [-0.39, 0.29) is 22.2 Å². The van der Waals surface area contributed by atoms with Crippen LogP contribution in [0.4, 0.5) is 0 Å². The average molecular weight is 249 g/mol. The van der Waals surface area contributed by atoms with Crippen molar-refractivity contribution in [1.82, 2.24) is 4.98 Å².